The van der Waals surface area contributed by atoms with Crippen molar-refractivity contribution in [3.8, 4) is 0 Å². The number of nitrogens with one attached hydrogen (secondary N) is 1. The van der Waals surface area contributed by atoms with Gasteiger partial charge in [0.1, 0.15) is 0 Å². The summed E-state index contributed by atoms with van der Waals surface area (Å²) in [6.45, 7) is 1.88. The molecule has 6 heteroatoms. The molecule has 0 saturated heterocycles. The number of hydrogen-bond acceptors (Lipinski definition) is 4. The van der Waals surface area contributed by atoms with E-state index in [0.29, 0.717) is 19.1 Å². The van der Waals surface area contributed by atoms with Gasteiger partial charge in [0.25, 0.3) is 0 Å². The van der Waals surface area contributed by atoms with E-state index in [9.17, 15) is 0 Å². The van der Waals surface area contributed by atoms with Crippen LogP contribution in [0.1, 0.15) is 5.56 Å². The second-order valence-corrected chi connectivity index (χ2v) is 3.55. The average molecular weight is 237 g/mol. The highest BCUT2D eigenvalue weighted by atomic mass is 16.5. The van der Waals surface area contributed by atoms with E-state index in [1.807, 2.05) is 24.1 Å². The van der Waals surface area contributed by atoms with Crippen LogP contribution in [0.25, 0.3) is 0 Å². The van der Waals surface area contributed by atoms with Crippen molar-refractivity contribution in [3.63, 3.8) is 0 Å². The number of guanidine groups is 1. The van der Waals surface area contributed by atoms with Crippen molar-refractivity contribution in [3.05, 3.63) is 30.1 Å². The van der Waals surface area contributed by atoms with E-state index < -0.39 is 0 Å². The number of hydrogen-bond donors (Lipinski definition) is 2. The van der Waals surface area contributed by atoms with E-state index in [4.69, 9.17) is 10.6 Å². The molecule has 1 rings (SSSR count). The monoisotopic (exact) mass is 237 g/mol. The van der Waals surface area contributed by atoms with Crippen LogP contribution in [0, 0.1) is 0 Å². The molecule has 1 heterocycles. The van der Waals surface area contributed by atoms with Crippen molar-refractivity contribution < 1.29 is 4.74 Å². The second-order valence-electron chi connectivity index (χ2n) is 3.55. The molecule has 0 aliphatic rings. The number of aromatic nitrogens is 1. The molecule has 0 amide bonds. The number of ether oxygens (including phenoxy) is 1. The van der Waals surface area contributed by atoms with E-state index in [2.05, 4.69) is 15.4 Å². The maximum absolute atomic E-state index is 5.43. The van der Waals surface area contributed by atoms with Crippen molar-refractivity contribution in [2.24, 2.45) is 10.8 Å². The lowest BCUT2D eigenvalue weighted by molar-refractivity contribution is 0.207. The second kappa shape index (κ2) is 7.59. The van der Waals surface area contributed by atoms with Crippen LogP contribution in [0.5, 0.6) is 0 Å². The standard InChI is InChI=1S/C11H19N5O/c1-16(9-10-3-5-13-6-4-10)11(15-12)14-7-8-17-2/h3-6H,7-9,12H2,1-2H3,(H,14,15). The Morgan fingerprint density at radius 1 is 1.53 bits per heavy atom. The normalized spacial score (nSPS) is 11.4. The van der Waals surface area contributed by atoms with Gasteiger partial charge in [-0.3, -0.25) is 10.4 Å². The van der Waals surface area contributed by atoms with Crippen molar-refractivity contribution >= 4 is 5.96 Å². The summed E-state index contributed by atoms with van der Waals surface area (Å²) in [7, 11) is 3.57. The smallest absolute Gasteiger partial charge is 0.208 e. The van der Waals surface area contributed by atoms with Crippen LogP contribution in [0.4, 0.5) is 0 Å². The molecule has 0 atom stereocenters. The number of methoxy groups -OCH3 is 1. The lowest BCUT2D eigenvalue weighted by Gasteiger charge is -2.20. The van der Waals surface area contributed by atoms with E-state index in [0.717, 1.165) is 12.1 Å². The van der Waals surface area contributed by atoms with Crippen molar-refractivity contribution in [2.75, 3.05) is 27.3 Å². The number of nitrogens with two attached hydrogens (primary N) is 1. The van der Waals surface area contributed by atoms with Gasteiger partial charge in [0, 0.05) is 33.1 Å². The van der Waals surface area contributed by atoms with Crippen LogP contribution >= 0.6 is 0 Å². The molecule has 0 fully saturated rings. The number of hydrazine groups is 1. The zero-order valence-electron chi connectivity index (χ0n) is 10.3. The molecule has 1 aromatic heterocycles. The minimum absolute atomic E-state index is 0.578. The topological polar surface area (TPSA) is 75.8 Å². The van der Waals surface area contributed by atoms with Crippen LogP contribution in [-0.2, 0) is 11.3 Å². The highest BCUT2D eigenvalue weighted by Crippen LogP contribution is 2.00. The molecule has 1 aromatic rings. The Hall–Kier alpha value is -1.66. The predicted octanol–water partition coefficient (Wildman–Crippen LogP) is -0.0209. The molecule has 0 aliphatic heterocycles. The summed E-state index contributed by atoms with van der Waals surface area (Å²) in [6, 6.07) is 3.92. The van der Waals surface area contributed by atoms with Crippen molar-refractivity contribution in [2.45, 2.75) is 6.54 Å². The fourth-order valence-corrected chi connectivity index (χ4v) is 1.36. The zero-order chi connectivity index (χ0) is 12.5. The summed E-state index contributed by atoms with van der Waals surface area (Å²) in [5, 5.41) is 0. The van der Waals surface area contributed by atoms with Crippen LogP contribution in [-0.4, -0.2) is 43.2 Å². The first-order valence-electron chi connectivity index (χ1n) is 5.38. The highest BCUT2D eigenvalue weighted by molar-refractivity contribution is 5.79. The molecular formula is C11H19N5O. The van der Waals surface area contributed by atoms with E-state index in [1.54, 1.807) is 19.5 Å². The summed E-state index contributed by atoms with van der Waals surface area (Å²) >= 11 is 0. The number of nitrogens with zero attached hydrogens (tertiary/aromatic N) is 3. The van der Waals surface area contributed by atoms with Gasteiger partial charge in [0.2, 0.25) is 5.96 Å². The van der Waals surface area contributed by atoms with Gasteiger partial charge in [-0.15, -0.1) is 0 Å². The van der Waals surface area contributed by atoms with Crippen molar-refractivity contribution in [1.29, 1.82) is 0 Å². The molecule has 0 spiro atoms. The molecule has 6 nitrogen and oxygen atoms in total. The largest absolute Gasteiger partial charge is 0.383 e. The van der Waals surface area contributed by atoms with E-state index >= 15 is 0 Å². The summed E-state index contributed by atoms with van der Waals surface area (Å²) in [4.78, 5) is 10.2. The highest BCUT2D eigenvalue weighted by Gasteiger charge is 2.04. The number of rotatable bonds is 5. The van der Waals surface area contributed by atoms with Crippen LogP contribution in [0.2, 0.25) is 0 Å². The third-order valence-electron chi connectivity index (χ3n) is 2.22. The van der Waals surface area contributed by atoms with Gasteiger partial charge >= 0.3 is 0 Å². The minimum atomic E-state index is 0.578. The Morgan fingerprint density at radius 2 is 2.24 bits per heavy atom. The zero-order valence-corrected chi connectivity index (χ0v) is 10.3. The van der Waals surface area contributed by atoms with Gasteiger partial charge in [0.15, 0.2) is 0 Å². The Labute approximate surface area is 101 Å². The third kappa shape index (κ3) is 4.80. The molecule has 0 bridgehead atoms. The first-order chi connectivity index (χ1) is 8.27. The quantitative estimate of drug-likeness (QED) is 0.247. The summed E-state index contributed by atoms with van der Waals surface area (Å²) < 4.78 is 4.93. The summed E-state index contributed by atoms with van der Waals surface area (Å²) in [5.41, 5.74) is 3.74. The Morgan fingerprint density at radius 3 is 2.82 bits per heavy atom. The Bertz CT molecular complexity index is 341. The molecule has 17 heavy (non-hydrogen) atoms. The fourth-order valence-electron chi connectivity index (χ4n) is 1.36. The summed E-state index contributed by atoms with van der Waals surface area (Å²) in [5.74, 6) is 6.07. The molecule has 94 valence electrons. The lowest BCUT2D eigenvalue weighted by atomic mass is 10.2. The van der Waals surface area contributed by atoms with Crippen LogP contribution in [0.3, 0.4) is 0 Å². The van der Waals surface area contributed by atoms with E-state index in [1.165, 1.54) is 0 Å². The first-order valence-corrected chi connectivity index (χ1v) is 5.38. The van der Waals surface area contributed by atoms with Gasteiger partial charge in [0.05, 0.1) is 13.2 Å². The molecule has 0 unspecified atom stereocenters. The van der Waals surface area contributed by atoms with Gasteiger partial charge < -0.3 is 9.64 Å². The van der Waals surface area contributed by atoms with Crippen LogP contribution < -0.4 is 11.3 Å². The average Bonchev–Trinajstić information content (AvgIpc) is 2.36. The number of aliphatic imine (C=N–C) groups is 1. The molecule has 0 aromatic carbocycles. The maximum Gasteiger partial charge on any atom is 0.208 e. The molecule has 3 N–H and O–H groups in total. The maximum atomic E-state index is 5.43. The Kier molecular flexibility index (Phi) is 5.98. The van der Waals surface area contributed by atoms with Gasteiger partial charge in [-0.05, 0) is 17.7 Å². The van der Waals surface area contributed by atoms with Gasteiger partial charge in [-0.2, -0.15) is 0 Å². The third-order valence-corrected chi connectivity index (χ3v) is 2.22. The molecule has 0 aliphatic carbocycles. The summed E-state index contributed by atoms with van der Waals surface area (Å²) in [6.07, 6.45) is 3.53. The van der Waals surface area contributed by atoms with Crippen LogP contribution in [0.15, 0.2) is 29.5 Å². The minimum Gasteiger partial charge on any atom is -0.383 e. The SMILES string of the molecule is COCCN=C(NN)N(C)Cc1ccncc1. The molecule has 0 radical (unpaired) electrons. The first kappa shape index (κ1) is 13.4. The van der Waals surface area contributed by atoms with Crippen molar-refractivity contribution in [1.82, 2.24) is 15.3 Å². The fraction of sp³-hybridized carbons (Fsp3) is 0.455. The predicted molar refractivity (Wildman–Crippen MR) is 67.2 cm³/mol. The van der Waals surface area contributed by atoms with Gasteiger partial charge in [-0.1, -0.05) is 0 Å². The Balaban J connectivity index is 2.54. The number of pyridine rings is 1. The lowest BCUT2D eigenvalue weighted by Crippen LogP contribution is -2.42. The van der Waals surface area contributed by atoms with Gasteiger partial charge in [-0.25, -0.2) is 10.8 Å². The molecular weight excluding hydrogens is 218 g/mol. The molecule has 0 saturated carbocycles. The van der Waals surface area contributed by atoms with E-state index in [-0.39, 0.29) is 0 Å².